The monoisotopic (exact) mass is 346 g/mol. The van der Waals surface area contributed by atoms with Gasteiger partial charge in [0.2, 0.25) is 0 Å². The lowest BCUT2D eigenvalue weighted by Gasteiger charge is -2.34. The van der Waals surface area contributed by atoms with Gasteiger partial charge in [0.25, 0.3) is 0 Å². The van der Waals surface area contributed by atoms with Crippen molar-refractivity contribution >= 4 is 15.0 Å². The van der Waals surface area contributed by atoms with Gasteiger partial charge in [-0.2, -0.15) is 0 Å². The molecule has 0 saturated heterocycles. The molecule has 0 N–H and O–H groups in total. The van der Waals surface area contributed by atoms with E-state index in [-0.39, 0.29) is 5.16 Å². The molecule has 1 aliphatic carbocycles. The van der Waals surface area contributed by atoms with Crippen molar-refractivity contribution in [3.63, 3.8) is 0 Å². The summed E-state index contributed by atoms with van der Waals surface area (Å²) in [5.74, 6) is 1.60. The molecule has 1 fully saturated rings. The minimum Gasteiger partial charge on any atom is -0.293 e. The average Bonchev–Trinajstić information content (AvgIpc) is 2.53. The van der Waals surface area contributed by atoms with Crippen LogP contribution >= 0.6 is 9.24 Å². The van der Waals surface area contributed by atoms with Gasteiger partial charge in [0.05, 0.1) is 0 Å². The Hall–Kier alpha value is -0.680. The van der Waals surface area contributed by atoms with Crippen LogP contribution in [0.1, 0.15) is 118 Å². The molecule has 0 amide bonds. The van der Waals surface area contributed by atoms with E-state index in [1.807, 2.05) is 0 Å². The molecule has 0 spiro atoms. The Balaban J connectivity index is 2.63. The fourth-order valence-electron chi connectivity index (χ4n) is 3.88. The van der Waals surface area contributed by atoms with Crippen molar-refractivity contribution in [2.24, 2.45) is 0 Å². The summed E-state index contributed by atoms with van der Waals surface area (Å²) in [6.07, 6.45) is 5.64. The van der Waals surface area contributed by atoms with Gasteiger partial charge in [0.15, 0.2) is 5.78 Å². The lowest BCUT2D eigenvalue weighted by molar-refractivity contribution is 0.0915. The molecular weight excluding hydrogens is 311 g/mol. The smallest absolute Gasteiger partial charge is 0.173 e. The maximum atomic E-state index is 13.6. The second-order valence-electron chi connectivity index (χ2n) is 8.58. The van der Waals surface area contributed by atoms with Crippen LogP contribution in [-0.2, 0) is 0 Å². The van der Waals surface area contributed by atoms with Crippen molar-refractivity contribution in [1.82, 2.24) is 0 Å². The Bertz CT molecular complexity index is 563. The fraction of sp³-hybridized carbons (Fsp3) is 0.682. The topological polar surface area (TPSA) is 17.1 Å². The highest BCUT2D eigenvalue weighted by Crippen LogP contribution is 2.42. The Morgan fingerprint density at radius 1 is 0.875 bits per heavy atom. The zero-order valence-corrected chi connectivity index (χ0v) is 17.6. The molecule has 2 rings (SSSR count). The van der Waals surface area contributed by atoms with Gasteiger partial charge in [0.1, 0.15) is 0 Å². The molecule has 1 unspecified atom stereocenters. The average molecular weight is 346 g/mol. The lowest BCUT2D eigenvalue weighted by atomic mass is 9.76. The van der Waals surface area contributed by atoms with E-state index < -0.39 is 0 Å². The highest BCUT2D eigenvalue weighted by atomic mass is 31.0. The summed E-state index contributed by atoms with van der Waals surface area (Å²) < 4.78 is 0. The standard InChI is InChI=1S/C22H35OP/c1-14(2)17-12-18(15(3)4)20(19(13-17)16(5)6)21(23)22(24)10-8-7-9-11-22/h12-16H,7-11,24H2,1-6H3. The Kier molecular flexibility index (Phi) is 6.29. The van der Waals surface area contributed by atoms with Crippen LogP contribution in [0, 0.1) is 0 Å². The van der Waals surface area contributed by atoms with E-state index in [4.69, 9.17) is 0 Å². The van der Waals surface area contributed by atoms with Crippen LogP contribution in [0.3, 0.4) is 0 Å². The van der Waals surface area contributed by atoms with Crippen LogP contribution in [0.4, 0.5) is 0 Å². The van der Waals surface area contributed by atoms with Crippen molar-refractivity contribution in [2.75, 3.05) is 0 Å². The fourth-order valence-corrected chi connectivity index (χ4v) is 4.43. The molecule has 0 heterocycles. The van der Waals surface area contributed by atoms with E-state index in [9.17, 15) is 4.79 Å². The van der Waals surface area contributed by atoms with Gasteiger partial charge in [-0.1, -0.05) is 72.9 Å². The third-order valence-electron chi connectivity index (χ3n) is 5.56. The number of hydrogen-bond donors (Lipinski definition) is 0. The van der Waals surface area contributed by atoms with Gasteiger partial charge >= 0.3 is 0 Å². The number of carbonyl (C=O) groups is 1. The Morgan fingerprint density at radius 3 is 1.71 bits per heavy atom. The first-order chi connectivity index (χ1) is 11.2. The van der Waals surface area contributed by atoms with Crippen LogP contribution in [0.5, 0.6) is 0 Å². The van der Waals surface area contributed by atoms with E-state index in [1.54, 1.807) is 0 Å². The zero-order valence-electron chi connectivity index (χ0n) is 16.4. The van der Waals surface area contributed by atoms with Crippen LogP contribution in [-0.4, -0.2) is 10.9 Å². The molecule has 0 bridgehead atoms. The number of hydrogen-bond acceptors (Lipinski definition) is 1. The van der Waals surface area contributed by atoms with E-state index >= 15 is 0 Å². The number of rotatable bonds is 5. The third kappa shape index (κ3) is 3.93. The first-order valence-electron chi connectivity index (χ1n) is 9.68. The van der Waals surface area contributed by atoms with Gasteiger partial charge in [-0.15, -0.1) is 9.24 Å². The summed E-state index contributed by atoms with van der Waals surface area (Å²) in [5.41, 5.74) is 4.89. The van der Waals surface area contributed by atoms with E-state index in [1.165, 1.54) is 36.0 Å². The van der Waals surface area contributed by atoms with Crippen molar-refractivity contribution in [3.8, 4) is 0 Å². The van der Waals surface area contributed by atoms with Crippen molar-refractivity contribution in [2.45, 2.75) is 96.6 Å². The lowest BCUT2D eigenvalue weighted by Crippen LogP contribution is -2.35. The molecular formula is C22H35OP. The molecule has 0 aromatic heterocycles. The predicted octanol–water partition coefficient (Wildman–Crippen LogP) is 6.82. The Labute approximate surface area is 151 Å². The molecule has 1 aliphatic rings. The molecule has 1 aromatic rings. The van der Waals surface area contributed by atoms with E-state index in [2.05, 4.69) is 62.9 Å². The second-order valence-corrected chi connectivity index (χ2v) is 9.69. The summed E-state index contributed by atoms with van der Waals surface area (Å²) in [6, 6.07) is 4.59. The van der Waals surface area contributed by atoms with Gasteiger partial charge in [-0.3, -0.25) is 4.79 Å². The Morgan fingerprint density at radius 2 is 1.33 bits per heavy atom. The quantitative estimate of drug-likeness (QED) is 0.422. The van der Waals surface area contributed by atoms with Crippen LogP contribution in [0.25, 0.3) is 0 Å². The maximum absolute atomic E-state index is 13.6. The normalized spacial score (nSPS) is 17.8. The van der Waals surface area contributed by atoms with Gasteiger partial charge in [-0.05, 0) is 47.3 Å². The number of carbonyl (C=O) groups excluding carboxylic acids is 1. The number of ketones is 1. The van der Waals surface area contributed by atoms with Gasteiger partial charge in [-0.25, -0.2) is 0 Å². The van der Waals surface area contributed by atoms with Gasteiger partial charge < -0.3 is 0 Å². The van der Waals surface area contributed by atoms with E-state index in [0.29, 0.717) is 23.5 Å². The van der Waals surface area contributed by atoms with E-state index in [0.717, 1.165) is 18.4 Å². The minimum atomic E-state index is -0.245. The summed E-state index contributed by atoms with van der Waals surface area (Å²) in [6.45, 7) is 13.4. The molecule has 0 radical (unpaired) electrons. The van der Waals surface area contributed by atoms with Crippen molar-refractivity contribution in [3.05, 3.63) is 34.4 Å². The van der Waals surface area contributed by atoms with Gasteiger partial charge in [0, 0.05) is 10.7 Å². The summed E-state index contributed by atoms with van der Waals surface area (Å²) in [5, 5.41) is -0.245. The van der Waals surface area contributed by atoms with Crippen LogP contribution < -0.4 is 0 Å². The highest BCUT2D eigenvalue weighted by Gasteiger charge is 2.38. The molecule has 1 aromatic carbocycles. The number of benzene rings is 1. The number of Topliss-reactive ketones (excluding diaryl/α,β-unsaturated/α-hetero) is 1. The predicted molar refractivity (Wildman–Crippen MR) is 109 cm³/mol. The largest absolute Gasteiger partial charge is 0.293 e. The SMILES string of the molecule is CC(C)c1cc(C(C)C)c(C(=O)C2(P)CCCCC2)c(C(C)C)c1. The minimum absolute atomic E-state index is 0.245. The summed E-state index contributed by atoms with van der Waals surface area (Å²) in [4.78, 5) is 13.6. The third-order valence-corrected chi connectivity index (χ3v) is 6.40. The first-order valence-corrected chi connectivity index (χ1v) is 10.3. The van der Waals surface area contributed by atoms with Crippen LogP contribution in [0.2, 0.25) is 0 Å². The second kappa shape index (κ2) is 7.69. The molecule has 0 aliphatic heterocycles. The maximum Gasteiger partial charge on any atom is 0.173 e. The molecule has 1 nitrogen and oxygen atoms in total. The first kappa shape index (κ1) is 19.6. The van der Waals surface area contributed by atoms with Crippen molar-refractivity contribution in [1.29, 1.82) is 0 Å². The molecule has 1 atom stereocenters. The molecule has 24 heavy (non-hydrogen) atoms. The zero-order chi connectivity index (χ0) is 18.1. The molecule has 1 saturated carbocycles. The highest BCUT2D eigenvalue weighted by molar-refractivity contribution is 7.21. The molecule has 134 valence electrons. The summed E-state index contributed by atoms with van der Waals surface area (Å²) in [7, 11) is 2.94. The van der Waals surface area contributed by atoms with Crippen LogP contribution in [0.15, 0.2) is 12.1 Å². The molecule has 2 heteroatoms. The summed E-state index contributed by atoms with van der Waals surface area (Å²) >= 11 is 0. The van der Waals surface area contributed by atoms with Crippen molar-refractivity contribution < 1.29 is 4.79 Å².